The van der Waals surface area contributed by atoms with Crippen LogP contribution in [-0.4, -0.2) is 43.5 Å². The Balaban J connectivity index is 2.49. The highest BCUT2D eigenvalue weighted by Gasteiger charge is 2.23. The van der Waals surface area contributed by atoms with Crippen LogP contribution < -0.4 is 0 Å². The Bertz CT molecular complexity index is 478. The van der Waals surface area contributed by atoms with Crippen molar-refractivity contribution in [1.82, 2.24) is 0 Å². The van der Waals surface area contributed by atoms with Crippen molar-refractivity contribution in [2.24, 2.45) is 0 Å². The van der Waals surface area contributed by atoms with E-state index in [2.05, 4.69) is 44.7 Å². The Labute approximate surface area is 133 Å². The molecule has 0 radical (unpaired) electrons. The molecule has 0 unspecified atom stereocenters. The predicted octanol–water partition coefficient (Wildman–Crippen LogP) is 3.22. The van der Waals surface area contributed by atoms with Crippen molar-refractivity contribution in [2.75, 3.05) is 32.8 Å². The van der Waals surface area contributed by atoms with Gasteiger partial charge in [0.15, 0.2) is 0 Å². The largest absolute Gasteiger partial charge is 0.460 e. The summed E-state index contributed by atoms with van der Waals surface area (Å²) in [6.07, 6.45) is 5.38. The highest BCUT2D eigenvalue weighted by molar-refractivity contribution is 5.81. The predicted molar refractivity (Wildman–Crippen MR) is 88.8 cm³/mol. The van der Waals surface area contributed by atoms with E-state index in [9.17, 15) is 4.79 Å². The number of carbonyl (C=O) groups excluding carboxylic acids is 1. The van der Waals surface area contributed by atoms with Crippen LogP contribution in [-0.2, 0) is 14.4 Å². The van der Waals surface area contributed by atoms with Crippen LogP contribution in [0.3, 0.4) is 0 Å². The van der Waals surface area contributed by atoms with Gasteiger partial charge in [-0.1, -0.05) is 43.0 Å². The number of hydrogen-bond acceptors (Lipinski definition) is 3. The summed E-state index contributed by atoms with van der Waals surface area (Å²) in [6, 6.07) is 10.2. The van der Waals surface area contributed by atoms with Crippen molar-refractivity contribution in [2.45, 2.75) is 13.8 Å². The first-order valence-electron chi connectivity index (χ1n) is 7.67. The van der Waals surface area contributed by atoms with E-state index in [1.165, 1.54) is 5.56 Å². The Morgan fingerprint density at radius 3 is 2.45 bits per heavy atom. The molecule has 0 N–H and O–H groups in total. The van der Waals surface area contributed by atoms with E-state index in [1.807, 2.05) is 18.2 Å². The lowest BCUT2D eigenvalue weighted by Gasteiger charge is -2.32. The molecule has 0 aliphatic carbocycles. The lowest BCUT2D eigenvalue weighted by Crippen LogP contribution is -2.48. The van der Waals surface area contributed by atoms with Crippen molar-refractivity contribution in [3.8, 4) is 0 Å². The molecule has 0 aliphatic rings. The number of likely N-dealkylation sites (N-methyl/N-ethyl adjacent to an activating group) is 1. The highest BCUT2D eigenvalue weighted by atomic mass is 16.7. The van der Waals surface area contributed by atoms with Crippen molar-refractivity contribution in [3.63, 3.8) is 0 Å². The fraction of sp³-hybridized carbons (Fsp3) is 0.389. The van der Waals surface area contributed by atoms with Gasteiger partial charge in [0.1, 0.15) is 32.8 Å². The normalized spacial score (nSPS) is 11.5. The van der Waals surface area contributed by atoms with Crippen LogP contribution in [0, 0.1) is 0 Å². The molecule has 0 saturated carbocycles. The summed E-state index contributed by atoms with van der Waals surface area (Å²) in [7, 11) is 0. The van der Waals surface area contributed by atoms with Crippen molar-refractivity contribution in [1.29, 1.82) is 0 Å². The average molecular weight is 304 g/mol. The smallest absolute Gasteiger partial charge is 0.330 e. The van der Waals surface area contributed by atoms with Gasteiger partial charge in [-0.25, -0.2) is 4.79 Å². The molecule has 120 valence electrons. The van der Waals surface area contributed by atoms with Crippen LogP contribution in [0.5, 0.6) is 0 Å². The Morgan fingerprint density at radius 2 is 1.86 bits per heavy atom. The zero-order valence-corrected chi connectivity index (χ0v) is 13.5. The molecule has 1 aromatic carbocycles. The van der Waals surface area contributed by atoms with Crippen LogP contribution in [0.2, 0.25) is 0 Å². The summed E-state index contributed by atoms with van der Waals surface area (Å²) in [5.74, 6) is -0.418. The number of benzene rings is 1. The number of quaternary nitrogens is 1. The summed E-state index contributed by atoms with van der Waals surface area (Å²) in [6.45, 7) is 10.6. The number of carbonyl (C=O) groups is 1. The molecule has 0 bridgehead atoms. The van der Waals surface area contributed by atoms with E-state index in [0.29, 0.717) is 11.3 Å². The van der Waals surface area contributed by atoms with E-state index in [1.54, 1.807) is 0 Å². The monoisotopic (exact) mass is 304 g/mol. The van der Waals surface area contributed by atoms with Crippen molar-refractivity contribution < 1.29 is 19.0 Å². The van der Waals surface area contributed by atoms with Gasteiger partial charge in [-0.2, -0.15) is 9.48 Å². The van der Waals surface area contributed by atoms with Crippen LogP contribution in [0.25, 0.3) is 6.08 Å². The topological polar surface area (TPSA) is 35.5 Å². The number of esters is 1. The number of hydroxylamine groups is 3. The minimum absolute atomic E-state index is 0.243. The molecular formula is C18H26NO3+. The second-order valence-electron chi connectivity index (χ2n) is 4.89. The van der Waals surface area contributed by atoms with Crippen LogP contribution >= 0.6 is 0 Å². The summed E-state index contributed by atoms with van der Waals surface area (Å²) in [5.41, 5.74) is 1.17. The van der Waals surface area contributed by atoms with E-state index in [4.69, 9.17) is 9.57 Å². The third-order valence-corrected chi connectivity index (χ3v) is 3.56. The molecule has 1 rings (SSSR count). The van der Waals surface area contributed by atoms with Gasteiger partial charge in [0.05, 0.1) is 0 Å². The standard InChI is InChI=1S/C18H26NO3/c1-4-18(20)21-15-16-22-19(5-2,6-3)14-10-13-17-11-8-7-9-12-17/h4,7-13H,1,5-6,14-16H2,2-3H3/q+1. The molecule has 4 nitrogen and oxygen atoms in total. The molecule has 0 amide bonds. The Morgan fingerprint density at radius 1 is 1.18 bits per heavy atom. The summed E-state index contributed by atoms with van der Waals surface area (Å²) in [5, 5.41) is 0. The zero-order valence-electron chi connectivity index (χ0n) is 13.5. The van der Waals surface area contributed by atoms with Gasteiger partial charge >= 0.3 is 5.97 Å². The van der Waals surface area contributed by atoms with Crippen molar-refractivity contribution in [3.05, 3.63) is 54.6 Å². The first kappa shape index (κ1) is 18.1. The fourth-order valence-electron chi connectivity index (χ4n) is 2.09. The van der Waals surface area contributed by atoms with Gasteiger partial charge in [0, 0.05) is 6.08 Å². The van der Waals surface area contributed by atoms with Crippen molar-refractivity contribution >= 4 is 12.0 Å². The number of nitrogens with zero attached hydrogens (tertiary/aromatic N) is 1. The fourth-order valence-corrected chi connectivity index (χ4v) is 2.09. The molecule has 0 aliphatic heterocycles. The molecule has 0 spiro atoms. The van der Waals surface area contributed by atoms with Gasteiger partial charge in [-0.15, -0.1) is 0 Å². The molecule has 4 heteroatoms. The minimum Gasteiger partial charge on any atom is -0.460 e. The maximum atomic E-state index is 11.0. The molecule has 0 saturated heterocycles. The van der Waals surface area contributed by atoms with Gasteiger partial charge < -0.3 is 4.74 Å². The quantitative estimate of drug-likeness (QED) is 0.219. The number of rotatable bonds is 10. The highest BCUT2D eigenvalue weighted by Crippen LogP contribution is 2.10. The third-order valence-electron chi connectivity index (χ3n) is 3.56. The zero-order chi connectivity index (χ0) is 16.3. The third kappa shape index (κ3) is 6.24. The Kier molecular flexibility index (Phi) is 8.18. The molecule has 0 fully saturated rings. The summed E-state index contributed by atoms with van der Waals surface area (Å²) >= 11 is 0. The number of hydrogen-bond donors (Lipinski definition) is 0. The molecule has 22 heavy (non-hydrogen) atoms. The molecular weight excluding hydrogens is 278 g/mol. The van der Waals surface area contributed by atoms with Crippen LogP contribution in [0.15, 0.2) is 49.1 Å². The second kappa shape index (κ2) is 9.92. The van der Waals surface area contributed by atoms with E-state index < -0.39 is 5.97 Å². The second-order valence-corrected chi connectivity index (χ2v) is 4.89. The SMILES string of the molecule is C=CC(=O)OCCO[N+](CC)(CC)CC=Cc1ccccc1. The molecule has 0 atom stereocenters. The minimum atomic E-state index is -0.418. The number of ether oxygens (including phenoxy) is 1. The summed E-state index contributed by atoms with van der Waals surface area (Å²) < 4.78 is 5.45. The Hall–Kier alpha value is -1.91. The lowest BCUT2D eigenvalue weighted by atomic mass is 10.2. The van der Waals surface area contributed by atoms with Gasteiger partial charge in [-0.3, -0.25) is 0 Å². The van der Waals surface area contributed by atoms with Gasteiger partial charge in [0.2, 0.25) is 0 Å². The van der Waals surface area contributed by atoms with Gasteiger partial charge in [0.25, 0.3) is 0 Å². The lowest BCUT2D eigenvalue weighted by molar-refractivity contribution is -1.10. The molecule has 0 heterocycles. The molecule has 0 aromatic heterocycles. The molecule has 1 aromatic rings. The van der Waals surface area contributed by atoms with Gasteiger partial charge in [-0.05, 0) is 25.5 Å². The first-order chi connectivity index (χ1) is 10.7. The van der Waals surface area contributed by atoms with E-state index in [-0.39, 0.29) is 6.61 Å². The maximum Gasteiger partial charge on any atom is 0.330 e. The van der Waals surface area contributed by atoms with Crippen LogP contribution in [0.1, 0.15) is 19.4 Å². The first-order valence-corrected chi connectivity index (χ1v) is 7.67. The maximum absolute atomic E-state index is 11.0. The van der Waals surface area contributed by atoms with Crippen LogP contribution in [0.4, 0.5) is 0 Å². The summed E-state index contributed by atoms with van der Waals surface area (Å²) in [4.78, 5) is 16.9. The average Bonchev–Trinajstić information content (AvgIpc) is 2.58. The van der Waals surface area contributed by atoms with E-state index >= 15 is 0 Å². The van der Waals surface area contributed by atoms with E-state index in [0.717, 1.165) is 25.7 Å².